The molecule has 1 amide bonds. The highest BCUT2D eigenvalue weighted by Gasteiger charge is 2.12. The number of aromatic nitrogens is 1. The summed E-state index contributed by atoms with van der Waals surface area (Å²) in [6.07, 6.45) is 3.99. The van der Waals surface area contributed by atoms with Crippen molar-refractivity contribution in [2.24, 2.45) is 0 Å². The van der Waals surface area contributed by atoms with E-state index in [0.29, 0.717) is 12.6 Å². The summed E-state index contributed by atoms with van der Waals surface area (Å²) < 4.78 is 1.94. The van der Waals surface area contributed by atoms with E-state index in [1.807, 2.05) is 37.9 Å². The maximum atomic E-state index is 11.9. The molecule has 0 atom stereocenters. The molecule has 0 spiro atoms. The topological polar surface area (TPSA) is 37.3 Å². The minimum atomic E-state index is 0.143. The second-order valence-electron chi connectivity index (χ2n) is 5.33. The van der Waals surface area contributed by atoms with Gasteiger partial charge in [-0.25, -0.2) is 0 Å². The van der Waals surface area contributed by atoms with Crippen LogP contribution >= 0.6 is 0 Å². The SMILES string of the molecule is CC(C)NCc1ccn(CC(=O)N(C)C(C)C)c1. The third kappa shape index (κ3) is 4.53. The fraction of sp³-hybridized carbons (Fsp3) is 0.643. The highest BCUT2D eigenvalue weighted by Crippen LogP contribution is 2.03. The number of carbonyl (C=O) groups is 1. The quantitative estimate of drug-likeness (QED) is 0.838. The summed E-state index contributed by atoms with van der Waals surface area (Å²) in [4.78, 5) is 13.7. The highest BCUT2D eigenvalue weighted by molar-refractivity contribution is 5.76. The Hall–Kier alpha value is -1.29. The Balaban J connectivity index is 2.51. The molecule has 18 heavy (non-hydrogen) atoms. The Bertz CT molecular complexity index is 382. The number of likely N-dealkylation sites (N-methyl/N-ethyl adjacent to an activating group) is 1. The van der Waals surface area contributed by atoms with Gasteiger partial charge in [-0.1, -0.05) is 13.8 Å². The molecule has 1 heterocycles. The monoisotopic (exact) mass is 251 g/mol. The number of nitrogens with zero attached hydrogens (tertiary/aromatic N) is 2. The van der Waals surface area contributed by atoms with E-state index in [4.69, 9.17) is 0 Å². The van der Waals surface area contributed by atoms with Gasteiger partial charge in [-0.3, -0.25) is 4.79 Å². The van der Waals surface area contributed by atoms with Crippen LogP contribution in [-0.2, 0) is 17.9 Å². The molecule has 0 saturated heterocycles. The van der Waals surface area contributed by atoms with Crippen LogP contribution in [0.2, 0.25) is 0 Å². The lowest BCUT2D eigenvalue weighted by Gasteiger charge is -2.21. The zero-order valence-electron chi connectivity index (χ0n) is 12.1. The van der Waals surface area contributed by atoms with Gasteiger partial charge < -0.3 is 14.8 Å². The molecule has 0 aliphatic heterocycles. The lowest BCUT2D eigenvalue weighted by Crippen LogP contribution is -2.35. The summed E-state index contributed by atoms with van der Waals surface area (Å²) in [5, 5.41) is 3.36. The fourth-order valence-corrected chi connectivity index (χ4v) is 1.57. The summed E-state index contributed by atoms with van der Waals surface area (Å²) in [7, 11) is 1.84. The molecule has 0 aliphatic carbocycles. The van der Waals surface area contributed by atoms with Crippen molar-refractivity contribution in [2.75, 3.05) is 7.05 Å². The van der Waals surface area contributed by atoms with Gasteiger partial charge in [-0.15, -0.1) is 0 Å². The van der Waals surface area contributed by atoms with Crippen molar-refractivity contribution >= 4 is 5.91 Å². The molecule has 4 heteroatoms. The van der Waals surface area contributed by atoms with E-state index in [1.54, 1.807) is 4.90 Å². The average Bonchev–Trinajstić information content (AvgIpc) is 2.72. The van der Waals surface area contributed by atoms with Crippen LogP contribution in [0, 0.1) is 0 Å². The number of amides is 1. The van der Waals surface area contributed by atoms with Gasteiger partial charge in [0.25, 0.3) is 0 Å². The molecule has 4 nitrogen and oxygen atoms in total. The highest BCUT2D eigenvalue weighted by atomic mass is 16.2. The first kappa shape index (κ1) is 14.8. The maximum absolute atomic E-state index is 11.9. The molecule has 0 radical (unpaired) electrons. The zero-order valence-corrected chi connectivity index (χ0v) is 12.1. The fourth-order valence-electron chi connectivity index (χ4n) is 1.57. The molecular formula is C14H25N3O. The van der Waals surface area contributed by atoms with Crippen LogP contribution in [0.15, 0.2) is 18.5 Å². The van der Waals surface area contributed by atoms with Gasteiger partial charge in [0, 0.05) is 38.1 Å². The summed E-state index contributed by atoms with van der Waals surface area (Å²) >= 11 is 0. The average molecular weight is 251 g/mol. The number of hydrogen-bond donors (Lipinski definition) is 1. The third-order valence-electron chi connectivity index (χ3n) is 3.01. The molecule has 0 bridgehead atoms. The number of hydrogen-bond acceptors (Lipinski definition) is 2. The van der Waals surface area contributed by atoms with E-state index >= 15 is 0 Å². The van der Waals surface area contributed by atoms with Gasteiger partial charge in [0.1, 0.15) is 6.54 Å². The van der Waals surface area contributed by atoms with Crippen molar-refractivity contribution in [1.29, 1.82) is 0 Å². The Kier molecular flexibility index (Phi) is 5.41. The van der Waals surface area contributed by atoms with Crippen molar-refractivity contribution in [3.63, 3.8) is 0 Å². The summed E-state index contributed by atoms with van der Waals surface area (Å²) in [6, 6.07) is 2.77. The first-order chi connectivity index (χ1) is 8.40. The molecule has 1 aromatic rings. The van der Waals surface area contributed by atoms with Crippen molar-refractivity contribution in [2.45, 2.75) is 52.9 Å². The first-order valence-electron chi connectivity index (χ1n) is 6.54. The number of nitrogens with one attached hydrogen (secondary N) is 1. The van der Waals surface area contributed by atoms with Gasteiger partial charge in [0.05, 0.1) is 0 Å². The van der Waals surface area contributed by atoms with Crippen molar-refractivity contribution in [1.82, 2.24) is 14.8 Å². The van der Waals surface area contributed by atoms with Crippen molar-refractivity contribution < 1.29 is 4.79 Å². The Morgan fingerprint density at radius 2 is 2.06 bits per heavy atom. The van der Waals surface area contributed by atoms with E-state index in [1.165, 1.54) is 5.56 Å². The summed E-state index contributed by atoms with van der Waals surface area (Å²) in [5.74, 6) is 0.143. The molecule has 0 fully saturated rings. The van der Waals surface area contributed by atoms with E-state index < -0.39 is 0 Å². The normalized spacial score (nSPS) is 11.3. The Morgan fingerprint density at radius 1 is 1.39 bits per heavy atom. The van der Waals surface area contributed by atoms with E-state index in [2.05, 4.69) is 25.2 Å². The molecule has 1 aromatic heterocycles. The molecule has 0 aromatic carbocycles. The van der Waals surface area contributed by atoms with E-state index in [-0.39, 0.29) is 11.9 Å². The smallest absolute Gasteiger partial charge is 0.242 e. The summed E-state index contributed by atoms with van der Waals surface area (Å²) in [5.41, 5.74) is 1.21. The van der Waals surface area contributed by atoms with Crippen molar-refractivity contribution in [3.8, 4) is 0 Å². The standard InChI is InChI=1S/C14H25N3O/c1-11(2)15-8-13-6-7-17(9-13)10-14(18)16(5)12(3)4/h6-7,9,11-12,15H,8,10H2,1-5H3. The minimum Gasteiger partial charge on any atom is -0.345 e. The predicted octanol–water partition coefficient (Wildman–Crippen LogP) is 1.85. The van der Waals surface area contributed by atoms with Crippen LogP contribution in [0.1, 0.15) is 33.3 Å². The van der Waals surface area contributed by atoms with Crippen LogP contribution in [-0.4, -0.2) is 34.5 Å². The second-order valence-corrected chi connectivity index (χ2v) is 5.33. The molecule has 0 unspecified atom stereocenters. The minimum absolute atomic E-state index is 0.143. The van der Waals surface area contributed by atoms with Gasteiger partial charge in [-0.2, -0.15) is 0 Å². The second kappa shape index (κ2) is 6.59. The van der Waals surface area contributed by atoms with Crippen molar-refractivity contribution in [3.05, 3.63) is 24.0 Å². The molecule has 1 N–H and O–H groups in total. The summed E-state index contributed by atoms with van der Waals surface area (Å²) in [6.45, 7) is 9.54. The molecule has 1 rings (SSSR count). The van der Waals surface area contributed by atoms with Crippen LogP contribution in [0.3, 0.4) is 0 Å². The van der Waals surface area contributed by atoms with Crippen LogP contribution in [0.25, 0.3) is 0 Å². The molecule has 102 valence electrons. The largest absolute Gasteiger partial charge is 0.345 e. The van der Waals surface area contributed by atoms with Gasteiger partial charge >= 0.3 is 0 Å². The lowest BCUT2D eigenvalue weighted by molar-refractivity contribution is -0.131. The third-order valence-corrected chi connectivity index (χ3v) is 3.01. The van der Waals surface area contributed by atoms with Gasteiger partial charge in [0.2, 0.25) is 5.91 Å². The molecule has 0 saturated carbocycles. The molecular weight excluding hydrogens is 226 g/mol. The first-order valence-corrected chi connectivity index (χ1v) is 6.54. The predicted molar refractivity (Wildman–Crippen MR) is 74.3 cm³/mol. The van der Waals surface area contributed by atoms with E-state index in [9.17, 15) is 4.79 Å². The van der Waals surface area contributed by atoms with E-state index in [0.717, 1.165) is 6.54 Å². The van der Waals surface area contributed by atoms with Gasteiger partial charge in [-0.05, 0) is 25.5 Å². The number of carbonyl (C=O) groups excluding carboxylic acids is 1. The van der Waals surface area contributed by atoms with Gasteiger partial charge in [0.15, 0.2) is 0 Å². The Labute approximate surface area is 110 Å². The maximum Gasteiger partial charge on any atom is 0.242 e. The van der Waals surface area contributed by atoms with Crippen LogP contribution in [0.5, 0.6) is 0 Å². The van der Waals surface area contributed by atoms with Crippen LogP contribution in [0.4, 0.5) is 0 Å². The molecule has 0 aliphatic rings. The number of rotatable bonds is 6. The lowest BCUT2D eigenvalue weighted by atomic mass is 10.3. The van der Waals surface area contributed by atoms with Crippen LogP contribution < -0.4 is 5.32 Å². The zero-order chi connectivity index (χ0) is 13.7. The Morgan fingerprint density at radius 3 is 2.61 bits per heavy atom.